The lowest BCUT2D eigenvalue weighted by Gasteiger charge is -2.35. The van der Waals surface area contributed by atoms with Crippen molar-refractivity contribution in [3.05, 3.63) is 63.7 Å². The molecule has 0 saturated carbocycles. The normalized spacial score (nSPS) is 19.0. The van der Waals surface area contributed by atoms with Crippen LogP contribution in [0.1, 0.15) is 23.3 Å². The maximum Gasteiger partial charge on any atom is 0.343 e. The number of hydrogen-bond acceptors (Lipinski definition) is 6. The zero-order valence-electron chi connectivity index (χ0n) is 15.6. The molecule has 0 bridgehead atoms. The molecule has 2 unspecified atom stereocenters. The average Bonchev–Trinajstić information content (AvgIpc) is 2.71. The van der Waals surface area contributed by atoms with Crippen molar-refractivity contribution >= 4 is 22.8 Å². The number of esters is 1. The number of carbonyl (C=O) groups is 2. The summed E-state index contributed by atoms with van der Waals surface area (Å²) in [6.07, 6.45) is 4.82. The highest BCUT2D eigenvalue weighted by Gasteiger charge is 2.35. The maximum absolute atomic E-state index is 14.5. The van der Waals surface area contributed by atoms with E-state index in [9.17, 15) is 23.2 Å². The molecular weight excluding hydrogens is 404 g/mol. The Morgan fingerprint density at radius 1 is 1.33 bits per heavy atom. The number of halogens is 2. The SMILES string of the molecule is CCOC(=O)c1cn2c3c(c(F)c(F)cc3c1=O)OC1C=C(OCC(=O)O)C=CC12. The van der Waals surface area contributed by atoms with E-state index >= 15 is 0 Å². The van der Waals surface area contributed by atoms with Gasteiger partial charge < -0.3 is 23.9 Å². The van der Waals surface area contributed by atoms with Crippen molar-refractivity contribution in [2.75, 3.05) is 13.2 Å². The molecule has 156 valence electrons. The van der Waals surface area contributed by atoms with Crippen LogP contribution < -0.4 is 10.2 Å². The summed E-state index contributed by atoms with van der Waals surface area (Å²) in [6, 6.07) is 0.0965. The number of carboxylic acid groups (broad SMARTS) is 1. The summed E-state index contributed by atoms with van der Waals surface area (Å²) in [5.74, 6) is -4.98. The van der Waals surface area contributed by atoms with E-state index in [1.807, 2.05) is 0 Å². The average molecular weight is 419 g/mol. The molecule has 1 aliphatic carbocycles. The second kappa shape index (κ2) is 7.29. The minimum atomic E-state index is -1.31. The van der Waals surface area contributed by atoms with Crippen molar-refractivity contribution in [2.45, 2.75) is 19.1 Å². The fraction of sp³-hybridized carbons (Fsp3) is 0.250. The minimum Gasteiger partial charge on any atom is -0.482 e. The predicted octanol–water partition coefficient (Wildman–Crippen LogP) is 2.31. The lowest BCUT2D eigenvalue weighted by atomic mass is 9.99. The number of nitrogens with zero attached hydrogens (tertiary/aromatic N) is 1. The summed E-state index contributed by atoms with van der Waals surface area (Å²) in [6.45, 7) is 1.01. The van der Waals surface area contributed by atoms with E-state index in [2.05, 4.69) is 0 Å². The van der Waals surface area contributed by atoms with Crippen molar-refractivity contribution in [3.8, 4) is 5.75 Å². The first kappa shape index (κ1) is 19.6. The van der Waals surface area contributed by atoms with Crippen LogP contribution in [0, 0.1) is 11.6 Å². The highest BCUT2D eigenvalue weighted by Crippen LogP contribution is 2.40. The van der Waals surface area contributed by atoms with Crippen LogP contribution in [0.15, 0.2) is 41.0 Å². The van der Waals surface area contributed by atoms with Crippen LogP contribution >= 0.6 is 0 Å². The summed E-state index contributed by atoms with van der Waals surface area (Å²) in [5.41, 5.74) is -1.13. The first-order chi connectivity index (χ1) is 14.3. The van der Waals surface area contributed by atoms with Gasteiger partial charge in [-0.2, -0.15) is 4.39 Å². The van der Waals surface area contributed by atoms with Gasteiger partial charge in [-0.1, -0.05) is 6.08 Å². The lowest BCUT2D eigenvalue weighted by molar-refractivity contribution is -0.140. The van der Waals surface area contributed by atoms with Crippen molar-refractivity contribution in [2.24, 2.45) is 0 Å². The molecule has 2 atom stereocenters. The van der Waals surface area contributed by atoms with E-state index in [-0.39, 0.29) is 28.8 Å². The molecule has 1 aromatic heterocycles. The van der Waals surface area contributed by atoms with Crippen LogP contribution in [0.5, 0.6) is 5.75 Å². The maximum atomic E-state index is 14.5. The first-order valence-electron chi connectivity index (χ1n) is 8.97. The van der Waals surface area contributed by atoms with E-state index in [1.165, 1.54) is 22.9 Å². The highest BCUT2D eigenvalue weighted by atomic mass is 19.2. The number of carbonyl (C=O) groups excluding carboxylic acids is 1. The van der Waals surface area contributed by atoms with E-state index in [0.29, 0.717) is 0 Å². The van der Waals surface area contributed by atoms with Gasteiger partial charge >= 0.3 is 11.9 Å². The number of rotatable bonds is 5. The van der Waals surface area contributed by atoms with Crippen molar-refractivity contribution in [3.63, 3.8) is 0 Å². The first-order valence-corrected chi connectivity index (χ1v) is 8.97. The largest absolute Gasteiger partial charge is 0.482 e. The van der Waals surface area contributed by atoms with Crippen molar-refractivity contribution in [1.82, 2.24) is 4.57 Å². The summed E-state index contributed by atoms with van der Waals surface area (Å²) in [4.78, 5) is 35.7. The van der Waals surface area contributed by atoms with Gasteiger partial charge in [0.05, 0.1) is 23.6 Å². The predicted molar refractivity (Wildman–Crippen MR) is 98.3 cm³/mol. The fourth-order valence-electron chi connectivity index (χ4n) is 3.48. The number of aromatic nitrogens is 1. The molecular formula is C20H15F2NO7. The molecule has 2 aromatic rings. The smallest absolute Gasteiger partial charge is 0.343 e. The van der Waals surface area contributed by atoms with E-state index in [4.69, 9.17) is 19.3 Å². The Kier molecular flexibility index (Phi) is 4.76. The topological polar surface area (TPSA) is 104 Å². The van der Waals surface area contributed by atoms with E-state index in [0.717, 1.165) is 6.07 Å². The van der Waals surface area contributed by atoms with Gasteiger partial charge in [0, 0.05) is 12.3 Å². The van der Waals surface area contributed by atoms with Gasteiger partial charge in [-0.3, -0.25) is 4.79 Å². The van der Waals surface area contributed by atoms with Gasteiger partial charge in [-0.05, 0) is 19.1 Å². The second-order valence-electron chi connectivity index (χ2n) is 6.58. The zero-order chi connectivity index (χ0) is 21.6. The van der Waals surface area contributed by atoms with Gasteiger partial charge in [0.1, 0.15) is 17.4 Å². The number of aliphatic carboxylic acids is 1. The van der Waals surface area contributed by atoms with Crippen LogP contribution in [0.4, 0.5) is 8.78 Å². The van der Waals surface area contributed by atoms with Crippen LogP contribution in [0.25, 0.3) is 10.9 Å². The molecule has 1 N–H and O–H groups in total. The second-order valence-corrected chi connectivity index (χ2v) is 6.58. The molecule has 10 heteroatoms. The summed E-state index contributed by atoms with van der Waals surface area (Å²) in [7, 11) is 0. The van der Waals surface area contributed by atoms with Gasteiger partial charge in [0.15, 0.2) is 18.2 Å². The molecule has 30 heavy (non-hydrogen) atoms. The Balaban J connectivity index is 1.90. The number of carboxylic acids is 1. The highest BCUT2D eigenvalue weighted by molar-refractivity contribution is 5.95. The Bertz CT molecular complexity index is 1200. The van der Waals surface area contributed by atoms with Gasteiger partial charge in [0.2, 0.25) is 11.2 Å². The molecule has 0 saturated heterocycles. The van der Waals surface area contributed by atoms with Gasteiger partial charge in [-0.25, -0.2) is 14.0 Å². The quantitative estimate of drug-likeness (QED) is 0.742. The van der Waals surface area contributed by atoms with Crippen molar-refractivity contribution < 1.29 is 37.7 Å². The Morgan fingerprint density at radius 2 is 2.10 bits per heavy atom. The summed E-state index contributed by atoms with van der Waals surface area (Å²) < 4.78 is 45.8. The van der Waals surface area contributed by atoms with Gasteiger partial charge in [0.25, 0.3) is 0 Å². The number of fused-ring (bicyclic) bond motifs is 2. The monoisotopic (exact) mass is 419 g/mol. The number of ether oxygens (including phenoxy) is 3. The molecule has 1 aliphatic heterocycles. The minimum absolute atomic E-state index is 0.00107. The van der Waals surface area contributed by atoms with Crippen LogP contribution in [-0.4, -0.2) is 40.9 Å². The number of benzene rings is 1. The number of pyridine rings is 1. The molecule has 0 fully saturated rings. The number of hydrogen-bond donors (Lipinski definition) is 1. The molecule has 0 radical (unpaired) electrons. The molecule has 1 aromatic carbocycles. The third-order valence-electron chi connectivity index (χ3n) is 4.72. The van der Waals surface area contributed by atoms with Gasteiger partial charge in [-0.15, -0.1) is 0 Å². The van der Waals surface area contributed by atoms with Crippen LogP contribution in [0.3, 0.4) is 0 Å². The third-order valence-corrected chi connectivity index (χ3v) is 4.72. The van der Waals surface area contributed by atoms with E-state index in [1.54, 1.807) is 13.0 Å². The summed E-state index contributed by atoms with van der Waals surface area (Å²) in [5, 5.41) is 8.53. The molecule has 2 heterocycles. The van der Waals surface area contributed by atoms with Crippen LogP contribution in [-0.2, 0) is 14.3 Å². The standard InChI is InChI=1S/C20H15F2NO7/c1-2-28-20(27)11-7-23-13-4-3-9(29-8-15(24)25)5-14(13)30-19-16(22)12(21)6-10(17(19)23)18(11)26/h3-7,13-14H,2,8H2,1H3,(H,24,25). The van der Waals surface area contributed by atoms with E-state index < -0.39 is 53.5 Å². The number of allylic oxidation sites excluding steroid dienone is 1. The van der Waals surface area contributed by atoms with Crippen LogP contribution in [0.2, 0.25) is 0 Å². The molecule has 2 aliphatic rings. The molecule has 8 nitrogen and oxygen atoms in total. The zero-order valence-corrected chi connectivity index (χ0v) is 15.6. The lowest BCUT2D eigenvalue weighted by Crippen LogP contribution is -2.36. The van der Waals surface area contributed by atoms with Crippen molar-refractivity contribution in [1.29, 1.82) is 0 Å². The Labute approximate surface area is 167 Å². The Morgan fingerprint density at radius 3 is 2.80 bits per heavy atom. The fourth-order valence-corrected chi connectivity index (χ4v) is 3.48. The Hall–Kier alpha value is -3.69. The molecule has 0 amide bonds. The molecule has 4 rings (SSSR count). The summed E-state index contributed by atoms with van der Waals surface area (Å²) >= 11 is 0. The molecule has 0 spiro atoms. The third kappa shape index (κ3) is 3.10.